The fourth-order valence-electron chi connectivity index (χ4n) is 3.78. The van der Waals surface area contributed by atoms with Gasteiger partial charge in [-0.2, -0.15) is 18.4 Å². The maximum atomic E-state index is 13.6. The molecule has 6 nitrogen and oxygen atoms in total. The van der Waals surface area contributed by atoms with Crippen LogP contribution in [0.4, 0.5) is 23.5 Å². The average molecular weight is 430 g/mol. The second-order valence-electron chi connectivity index (χ2n) is 7.43. The molecule has 0 bridgehead atoms. The molecule has 1 fully saturated rings. The molecule has 160 valence electrons. The first-order valence-electron chi connectivity index (χ1n) is 9.63. The van der Waals surface area contributed by atoms with Crippen LogP contribution in [0.3, 0.4) is 0 Å². The Morgan fingerprint density at radius 2 is 1.81 bits per heavy atom. The molecule has 10 heteroatoms. The Balaban J connectivity index is 1.51. The third-order valence-electron chi connectivity index (χ3n) is 5.39. The normalized spacial score (nSPS) is 15.2. The molecule has 0 saturated carbocycles. The Kier molecular flexibility index (Phi) is 5.35. The van der Waals surface area contributed by atoms with Crippen molar-refractivity contribution in [3.8, 4) is 17.3 Å². The molecule has 1 aliphatic rings. The summed E-state index contributed by atoms with van der Waals surface area (Å²) in [6, 6.07) is 4.91. The van der Waals surface area contributed by atoms with Crippen LogP contribution in [0.25, 0.3) is 11.3 Å². The molecule has 0 amide bonds. The summed E-state index contributed by atoms with van der Waals surface area (Å²) in [4.78, 5) is 15.0. The fourth-order valence-corrected chi connectivity index (χ4v) is 3.78. The van der Waals surface area contributed by atoms with Gasteiger partial charge in [0.25, 0.3) is 0 Å². The maximum absolute atomic E-state index is 13.6. The van der Waals surface area contributed by atoms with E-state index in [1.54, 1.807) is 13.2 Å². The van der Waals surface area contributed by atoms with Crippen LogP contribution >= 0.6 is 0 Å². The van der Waals surface area contributed by atoms with Crippen molar-refractivity contribution in [3.05, 3.63) is 59.6 Å². The van der Waals surface area contributed by atoms with Crippen LogP contribution in [0.5, 0.6) is 0 Å². The van der Waals surface area contributed by atoms with Crippen LogP contribution < -0.4 is 4.90 Å². The van der Waals surface area contributed by atoms with E-state index in [-0.39, 0.29) is 11.5 Å². The zero-order valence-electron chi connectivity index (χ0n) is 16.6. The van der Waals surface area contributed by atoms with Gasteiger partial charge in [0.15, 0.2) is 0 Å². The maximum Gasteiger partial charge on any atom is 0.419 e. The Labute approximate surface area is 175 Å². The highest BCUT2D eigenvalue weighted by Crippen LogP contribution is 2.35. The van der Waals surface area contributed by atoms with Crippen LogP contribution in [-0.4, -0.2) is 32.6 Å². The van der Waals surface area contributed by atoms with E-state index in [0.29, 0.717) is 30.3 Å². The second kappa shape index (κ2) is 7.98. The number of imidazole rings is 1. The van der Waals surface area contributed by atoms with Crippen LogP contribution in [0.1, 0.15) is 35.7 Å². The third kappa shape index (κ3) is 4.21. The van der Waals surface area contributed by atoms with E-state index in [2.05, 4.69) is 15.0 Å². The SMILES string of the molecule is Cn1cc(-c2ccc(F)c(C(F)(F)F)c2)nc1C1CCN(c2ncc(C#N)cn2)CC1. The van der Waals surface area contributed by atoms with Gasteiger partial charge >= 0.3 is 6.18 Å². The molecule has 0 N–H and O–H groups in total. The average Bonchev–Trinajstić information content (AvgIpc) is 3.15. The number of piperidine rings is 1. The quantitative estimate of drug-likeness (QED) is 0.580. The highest BCUT2D eigenvalue weighted by Gasteiger charge is 2.34. The number of nitriles is 1. The molecule has 1 aromatic carbocycles. The molecule has 0 radical (unpaired) electrons. The van der Waals surface area contributed by atoms with Crippen LogP contribution in [0.2, 0.25) is 0 Å². The van der Waals surface area contributed by atoms with E-state index in [9.17, 15) is 17.6 Å². The lowest BCUT2D eigenvalue weighted by Gasteiger charge is -2.31. The summed E-state index contributed by atoms with van der Waals surface area (Å²) in [5.41, 5.74) is -0.304. The molecule has 4 rings (SSSR count). The predicted molar refractivity (Wildman–Crippen MR) is 105 cm³/mol. The van der Waals surface area contributed by atoms with Gasteiger partial charge in [-0.05, 0) is 31.0 Å². The lowest BCUT2D eigenvalue weighted by Crippen LogP contribution is -2.34. The van der Waals surface area contributed by atoms with E-state index in [0.717, 1.165) is 30.8 Å². The summed E-state index contributed by atoms with van der Waals surface area (Å²) in [5, 5.41) is 8.85. The van der Waals surface area contributed by atoms with Crippen LogP contribution in [0.15, 0.2) is 36.8 Å². The minimum atomic E-state index is -4.77. The Hall–Kier alpha value is -3.48. The number of anilines is 1. The van der Waals surface area contributed by atoms with E-state index in [1.165, 1.54) is 18.5 Å². The van der Waals surface area contributed by atoms with Crippen molar-refractivity contribution < 1.29 is 17.6 Å². The number of rotatable bonds is 3. The molecule has 3 aromatic rings. The number of aryl methyl sites for hydroxylation is 1. The molecule has 31 heavy (non-hydrogen) atoms. The van der Waals surface area contributed by atoms with Crippen LogP contribution in [0, 0.1) is 17.1 Å². The fraction of sp³-hybridized carbons (Fsp3) is 0.333. The van der Waals surface area contributed by atoms with Gasteiger partial charge in [-0.15, -0.1) is 0 Å². The standard InChI is InChI=1S/C21H18F4N6/c1-30-12-18(15-2-3-17(22)16(8-15)21(23,24)25)29-19(30)14-4-6-31(7-5-14)20-27-10-13(9-26)11-28-20/h2-3,8,10-12,14H,4-7H2,1H3. The minimum absolute atomic E-state index is 0.121. The smallest absolute Gasteiger partial charge is 0.341 e. The van der Waals surface area contributed by atoms with Gasteiger partial charge < -0.3 is 9.47 Å². The summed E-state index contributed by atoms with van der Waals surface area (Å²) >= 11 is 0. The monoisotopic (exact) mass is 430 g/mol. The summed E-state index contributed by atoms with van der Waals surface area (Å²) in [6.07, 6.45) is 1.40. The molecule has 0 aliphatic carbocycles. The highest BCUT2D eigenvalue weighted by molar-refractivity contribution is 5.60. The highest BCUT2D eigenvalue weighted by atomic mass is 19.4. The van der Waals surface area contributed by atoms with E-state index in [1.807, 2.05) is 15.5 Å². The largest absolute Gasteiger partial charge is 0.419 e. The Morgan fingerprint density at radius 3 is 2.42 bits per heavy atom. The van der Waals surface area contributed by atoms with Crippen molar-refractivity contribution in [2.45, 2.75) is 24.9 Å². The third-order valence-corrected chi connectivity index (χ3v) is 5.39. The van der Waals surface area contributed by atoms with E-state index >= 15 is 0 Å². The first-order valence-corrected chi connectivity index (χ1v) is 9.63. The molecule has 0 atom stereocenters. The topological polar surface area (TPSA) is 70.6 Å². The van der Waals surface area contributed by atoms with Crippen molar-refractivity contribution in [2.75, 3.05) is 18.0 Å². The zero-order valence-corrected chi connectivity index (χ0v) is 16.6. The molecule has 0 spiro atoms. The summed E-state index contributed by atoms with van der Waals surface area (Å²) in [7, 11) is 1.80. The first kappa shape index (κ1) is 20.8. The molecule has 2 aromatic heterocycles. The molecule has 1 saturated heterocycles. The van der Waals surface area contributed by atoms with Gasteiger partial charge in [-0.25, -0.2) is 19.3 Å². The number of hydrogen-bond acceptors (Lipinski definition) is 5. The van der Waals surface area contributed by atoms with Crippen molar-refractivity contribution >= 4 is 5.95 Å². The summed E-state index contributed by atoms with van der Waals surface area (Å²) in [6.45, 7) is 1.38. The van der Waals surface area contributed by atoms with Gasteiger partial charge in [0, 0.05) is 37.8 Å². The molecule has 3 heterocycles. The van der Waals surface area contributed by atoms with E-state index < -0.39 is 17.6 Å². The van der Waals surface area contributed by atoms with Gasteiger partial charge in [0.1, 0.15) is 17.7 Å². The minimum Gasteiger partial charge on any atom is -0.341 e. The number of nitrogens with zero attached hydrogens (tertiary/aromatic N) is 6. The van der Waals surface area contributed by atoms with Crippen molar-refractivity contribution in [2.24, 2.45) is 7.05 Å². The van der Waals surface area contributed by atoms with Crippen molar-refractivity contribution in [1.29, 1.82) is 5.26 Å². The molecule has 1 aliphatic heterocycles. The molecular weight excluding hydrogens is 412 g/mol. The van der Waals surface area contributed by atoms with Crippen molar-refractivity contribution in [1.82, 2.24) is 19.5 Å². The van der Waals surface area contributed by atoms with Crippen LogP contribution in [-0.2, 0) is 13.2 Å². The summed E-state index contributed by atoms with van der Waals surface area (Å²) in [5.74, 6) is 0.151. The Morgan fingerprint density at radius 1 is 1.13 bits per heavy atom. The van der Waals surface area contributed by atoms with E-state index in [4.69, 9.17) is 5.26 Å². The predicted octanol–water partition coefficient (Wildman–Crippen LogP) is 4.29. The zero-order chi connectivity index (χ0) is 22.2. The number of benzene rings is 1. The van der Waals surface area contributed by atoms with Crippen molar-refractivity contribution in [3.63, 3.8) is 0 Å². The van der Waals surface area contributed by atoms with Gasteiger partial charge in [-0.1, -0.05) is 0 Å². The second-order valence-corrected chi connectivity index (χ2v) is 7.43. The molecular formula is C21H18F4N6. The Bertz CT molecular complexity index is 1120. The van der Waals surface area contributed by atoms with Gasteiger partial charge in [0.05, 0.1) is 29.2 Å². The number of halogens is 4. The number of hydrogen-bond donors (Lipinski definition) is 0. The lowest BCUT2D eigenvalue weighted by molar-refractivity contribution is -0.139. The van der Waals surface area contributed by atoms with Gasteiger partial charge in [-0.3, -0.25) is 0 Å². The number of alkyl halides is 3. The molecule has 0 unspecified atom stereocenters. The summed E-state index contributed by atoms with van der Waals surface area (Å²) < 4.78 is 54.5. The first-order chi connectivity index (χ1) is 14.8. The van der Waals surface area contributed by atoms with Gasteiger partial charge in [0.2, 0.25) is 5.95 Å². The lowest BCUT2D eigenvalue weighted by atomic mass is 9.96. The number of aromatic nitrogens is 4.